The van der Waals surface area contributed by atoms with Gasteiger partial charge in [0.05, 0.1) is 5.56 Å². The zero-order chi connectivity index (χ0) is 13.6. The second-order valence-electron chi connectivity index (χ2n) is 5.47. The van der Waals surface area contributed by atoms with Crippen molar-refractivity contribution in [2.24, 2.45) is 11.8 Å². The molecule has 0 bridgehead atoms. The summed E-state index contributed by atoms with van der Waals surface area (Å²) in [6, 6.07) is 2.10. The average Bonchev–Trinajstić information content (AvgIpc) is 2.93. The van der Waals surface area contributed by atoms with Crippen molar-refractivity contribution in [2.75, 3.05) is 26.2 Å². The maximum absolute atomic E-state index is 13.7. The fraction of sp³-hybridized carbons (Fsp3) is 0.500. The Morgan fingerprint density at radius 2 is 1.80 bits per heavy atom. The number of hydrogen-bond acceptors (Lipinski definition) is 2. The SMILES string of the molecule is Cc1cc(C(=O)N2C[C@H]3CNC[C@H]3C2)c(F)cc1F.Cl. The minimum atomic E-state index is -0.775. The third kappa shape index (κ3) is 2.52. The summed E-state index contributed by atoms with van der Waals surface area (Å²) in [6.07, 6.45) is 0. The smallest absolute Gasteiger partial charge is 0.256 e. The van der Waals surface area contributed by atoms with Crippen LogP contribution in [-0.4, -0.2) is 37.0 Å². The van der Waals surface area contributed by atoms with Crippen LogP contribution in [-0.2, 0) is 0 Å². The van der Waals surface area contributed by atoms with Gasteiger partial charge < -0.3 is 10.2 Å². The second-order valence-corrected chi connectivity index (χ2v) is 5.47. The van der Waals surface area contributed by atoms with Crippen LogP contribution in [0.3, 0.4) is 0 Å². The molecule has 0 aliphatic carbocycles. The Bertz CT molecular complexity index is 526. The van der Waals surface area contributed by atoms with E-state index in [0.29, 0.717) is 30.5 Å². The van der Waals surface area contributed by atoms with Crippen molar-refractivity contribution >= 4 is 18.3 Å². The highest BCUT2D eigenvalue weighted by Crippen LogP contribution is 2.28. The highest BCUT2D eigenvalue weighted by molar-refractivity contribution is 5.95. The number of aryl methyl sites for hydroxylation is 1. The fourth-order valence-corrected chi connectivity index (χ4v) is 3.01. The Morgan fingerprint density at radius 1 is 1.20 bits per heavy atom. The average molecular weight is 303 g/mol. The first kappa shape index (κ1) is 15.2. The molecule has 1 N–H and O–H groups in total. The molecule has 0 unspecified atom stereocenters. The molecular formula is C14H17ClF2N2O. The summed E-state index contributed by atoms with van der Waals surface area (Å²) >= 11 is 0. The summed E-state index contributed by atoms with van der Waals surface area (Å²) in [5.41, 5.74) is 0.276. The lowest BCUT2D eigenvalue weighted by molar-refractivity contribution is 0.0777. The van der Waals surface area contributed by atoms with Crippen molar-refractivity contribution in [3.63, 3.8) is 0 Å². The van der Waals surface area contributed by atoms with Gasteiger partial charge in [-0.15, -0.1) is 12.4 Å². The van der Waals surface area contributed by atoms with Crippen molar-refractivity contribution in [3.8, 4) is 0 Å². The molecule has 2 saturated heterocycles. The van der Waals surface area contributed by atoms with Crippen LogP contribution in [0.5, 0.6) is 0 Å². The first-order chi connectivity index (χ1) is 9.06. The summed E-state index contributed by atoms with van der Waals surface area (Å²) < 4.78 is 26.9. The number of likely N-dealkylation sites (tertiary alicyclic amines) is 1. The summed E-state index contributed by atoms with van der Waals surface area (Å²) in [5.74, 6) is -0.781. The molecule has 6 heteroatoms. The quantitative estimate of drug-likeness (QED) is 0.860. The predicted octanol–water partition coefficient (Wildman–Crippen LogP) is 1.99. The molecule has 1 aromatic carbocycles. The molecule has 2 fully saturated rings. The van der Waals surface area contributed by atoms with Crippen molar-refractivity contribution < 1.29 is 13.6 Å². The van der Waals surface area contributed by atoms with Crippen molar-refractivity contribution in [2.45, 2.75) is 6.92 Å². The van der Waals surface area contributed by atoms with E-state index in [1.807, 2.05) is 0 Å². The molecule has 2 atom stereocenters. The Kier molecular flexibility index (Phi) is 4.30. The number of carbonyl (C=O) groups is 1. The van der Waals surface area contributed by atoms with Gasteiger partial charge in [-0.25, -0.2) is 8.78 Å². The first-order valence-electron chi connectivity index (χ1n) is 6.52. The lowest BCUT2D eigenvalue weighted by atomic mass is 10.0. The van der Waals surface area contributed by atoms with E-state index < -0.39 is 11.6 Å². The maximum atomic E-state index is 13.7. The molecule has 20 heavy (non-hydrogen) atoms. The number of nitrogens with zero attached hydrogens (tertiary/aromatic N) is 1. The molecule has 0 spiro atoms. The minimum Gasteiger partial charge on any atom is -0.338 e. The Morgan fingerprint density at radius 3 is 2.40 bits per heavy atom. The van der Waals surface area contributed by atoms with Gasteiger partial charge in [0, 0.05) is 32.2 Å². The van der Waals surface area contributed by atoms with Gasteiger partial charge >= 0.3 is 0 Å². The van der Waals surface area contributed by atoms with Gasteiger partial charge in [-0.1, -0.05) is 0 Å². The lowest BCUT2D eigenvalue weighted by Gasteiger charge is -2.18. The molecule has 2 aliphatic heterocycles. The zero-order valence-corrected chi connectivity index (χ0v) is 12.0. The number of fused-ring (bicyclic) bond motifs is 1. The largest absolute Gasteiger partial charge is 0.338 e. The molecule has 1 amide bonds. The highest BCUT2D eigenvalue weighted by atomic mass is 35.5. The van der Waals surface area contributed by atoms with Crippen LogP contribution >= 0.6 is 12.4 Å². The lowest BCUT2D eigenvalue weighted by Crippen LogP contribution is -2.32. The number of carbonyl (C=O) groups excluding carboxylic acids is 1. The van der Waals surface area contributed by atoms with Crippen molar-refractivity contribution in [1.82, 2.24) is 10.2 Å². The van der Waals surface area contributed by atoms with E-state index in [4.69, 9.17) is 0 Å². The minimum absolute atomic E-state index is 0. The Labute approximate surface area is 122 Å². The van der Waals surface area contributed by atoms with Crippen LogP contribution in [0.1, 0.15) is 15.9 Å². The monoisotopic (exact) mass is 302 g/mol. The van der Waals surface area contributed by atoms with Crippen molar-refractivity contribution in [3.05, 3.63) is 34.9 Å². The van der Waals surface area contributed by atoms with Crippen LogP contribution in [0.15, 0.2) is 12.1 Å². The molecule has 2 heterocycles. The molecule has 3 rings (SSSR count). The summed E-state index contributed by atoms with van der Waals surface area (Å²) in [7, 11) is 0. The topological polar surface area (TPSA) is 32.3 Å². The van der Waals surface area contributed by atoms with Crippen LogP contribution in [0, 0.1) is 30.4 Å². The van der Waals surface area contributed by atoms with Gasteiger partial charge in [0.1, 0.15) is 11.6 Å². The first-order valence-corrected chi connectivity index (χ1v) is 6.52. The van der Waals surface area contributed by atoms with Gasteiger partial charge in [0.2, 0.25) is 0 Å². The molecule has 110 valence electrons. The van der Waals surface area contributed by atoms with Gasteiger partial charge in [-0.05, 0) is 30.4 Å². The van der Waals surface area contributed by atoms with Crippen LogP contribution in [0.4, 0.5) is 8.78 Å². The van der Waals surface area contributed by atoms with E-state index in [1.165, 1.54) is 13.0 Å². The van der Waals surface area contributed by atoms with E-state index in [9.17, 15) is 13.6 Å². The number of hydrogen-bond donors (Lipinski definition) is 1. The number of benzene rings is 1. The van der Waals surface area contributed by atoms with E-state index in [1.54, 1.807) is 4.90 Å². The zero-order valence-electron chi connectivity index (χ0n) is 11.2. The van der Waals surface area contributed by atoms with Gasteiger partial charge in [-0.3, -0.25) is 4.79 Å². The van der Waals surface area contributed by atoms with Gasteiger partial charge in [0.15, 0.2) is 0 Å². The Hall–Kier alpha value is -1.20. The second kappa shape index (κ2) is 5.66. The van der Waals surface area contributed by atoms with E-state index >= 15 is 0 Å². The number of nitrogens with one attached hydrogen (secondary N) is 1. The van der Waals surface area contributed by atoms with Gasteiger partial charge in [0.25, 0.3) is 5.91 Å². The van der Waals surface area contributed by atoms with Crippen molar-refractivity contribution in [1.29, 1.82) is 0 Å². The summed E-state index contributed by atoms with van der Waals surface area (Å²) in [4.78, 5) is 14.0. The van der Waals surface area contributed by atoms with Crippen LogP contribution < -0.4 is 5.32 Å². The van der Waals surface area contributed by atoms with E-state index in [-0.39, 0.29) is 23.9 Å². The van der Waals surface area contributed by atoms with E-state index in [2.05, 4.69) is 5.32 Å². The number of halogens is 3. The van der Waals surface area contributed by atoms with Crippen LogP contribution in [0.2, 0.25) is 0 Å². The van der Waals surface area contributed by atoms with Gasteiger partial charge in [-0.2, -0.15) is 0 Å². The standard InChI is InChI=1S/C14H16F2N2O.ClH/c1-8-2-11(13(16)3-12(8)15)14(19)18-6-9-4-17-5-10(9)7-18;/h2-3,9-10,17H,4-7H2,1H3;1H/t9-,10+;. The molecule has 2 aliphatic rings. The summed E-state index contributed by atoms with van der Waals surface area (Å²) in [6.45, 7) is 4.69. The molecule has 0 aromatic heterocycles. The number of rotatable bonds is 1. The maximum Gasteiger partial charge on any atom is 0.256 e. The normalized spacial score (nSPS) is 24.4. The molecule has 3 nitrogen and oxygen atoms in total. The third-order valence-corrected chi connectivity index (χ3v) is 4.16. The predicted molar refractivity (Wildman–Crippen MR) is 74.1 cm³/mol. The summed E-state index contributed by atoms with van der Waals surface area (Å²) in [5, 5.41) is 3.29. The highest BCUT2D eigenvalue weighted by Gasteiger charge is 2.38. The fourth-order valence-electron chi connectivity index (χ4n) is 3.01. The number of amides is 1. The molecule has 1 aromatic rings. The van der Waals surface area contributed by atoms with E-state index in [0.717, 1.165) is 19.2 Å². The molecular weight excluding hydrogens is 286 g/mol. The Balaban J connectivity index is 0.00000147. The molecule has 0 saturated carbocycles. The third-order valence-electron chi connectivity index (χ3n) is 4.16. The van der Waals surface area contributed by atoms with Crippen LogP contribution in [0.25, 0.3) is 0 Å². The molecule has 0 radical (unpaired) electrons.